The molecule has 0 aliphatic carbocycles. The van der Waals surface area contributed by atoms with Crippen molar-refractivity contribution in [3.8, 4) is 0 Å². The lowest BCUT2D eigenvalue weighted by molar-refractivity contribution is 0.584. The minimum absolute atomic E-state index is 0.114. The third-order valence-corrected chi connectivity index (χ3v) is 5.33. The first-order chi connectivity index (χ1) is 9.27. The molecule has 0 bridgehead atoms. The average molecular weight is 353 g/mol. The Kier molecular flexibility index (Phi) is 4.55. The van der Waals surface area contributed by atoms with Gasteiger partial charge in [0.05, 0.1) is 16.7 Å². The van der Waals surface area contributed by atoms with Gasteiger partial charge in [-0.25, -0.2) is 4.98 Å². The van der Waals surface area contributed by atoms with E-state index in [0.29, 0.717) is 0 Å². The van der Waals surface area contributed by atoms with Gasteiger partial charge in [0.15, 0.2) is 0 Å². The van der Waals surface area contributed by atoms with Gasteiger partial charge in [-0.15, -0.1) is 11.3 Å². The fourth-order valence-electron chi connectivity index (χ4n) is 2.02. The summed E-state index contributed by atoms with van der Waals surface area (Å²) in [4.78, 5) is 6.05. The molecule has 2 nitrogen and oxygen atoms in total. The summed E-state index contributed by atoms with van der Waals surface area (Å²) in [6.07, 6.45) is 0. The lowest BCUT2D eigenvalue weighted by atomic mass is 9.98. The number of aryl methyl sites for hydroxylation is 1. The van der Waals surface area contributed by atoms with Gasteiger partial charge in [0.25, 0.3) is 0 Å². The zero-order chi connectivity index (χ0) is 14.9. The fourth-order valence-corrected chi connectivity index (χ4v) is 3.55. The Morgan fingerprint density at radius 3 is 2.55 bits per heavy atom. The fraction of sp³-hybridized carbons (Fsp3) is 0.438. The Balaban J connectivity index is 2.21. The van der Waals surface area contributed by atoms with Crippen LogP contribution in [0.25, 0.3) is 0 Å². The highest BCUT2D eigenvalue weighted by Gasteiger charge is 2.22. The molecule has 2 aromatic rings. The number of rotatable bonds is 3. The minimum Gasteiger partial charge on any atom is -0.378 e. The maximum absolute atomic E-state index is 4.73. The van der Waals surface area contributed by atoms with E-state index in [1.54, 1.807) is 0 Å². The second-order valence-electron chi connectivity index (χ2n) is 6.10. The second kappa shape index (κ2) is 5.86. The summed E-state index contributed by atoms with van der Waals surface area (Å²) in [5.74, 6) is 0. The number of nitrogens with zero attached hydrogens (tertiary/aromatic N) is 1. The Labute approximate surface area is 133 Å². The van der Waals surface area contributed by atoms with E-state index in [0.717, 1.165) is 15.9 Å². The third-order valence-electron chi connectivity index (χ3n) is 3.08. The lowest BCUT2D eigenvalue weighted by Crippen LogP contribution is -2.10. The molecule has 108 valence electrons. The van der Waals surface area contributed by atoms with Crippen LogP contribution < -0.4 is 5.32 Å². The van der Waals surface area contributed by atoms with Crippen LogP contribution in [-0.2, 0) is 5.41 Å². The molecule has 1 heterocycles. The maximum atomic E-state index is 4.73. The van der Waals surface area contributed by atoms with E-state index in [-0.39, 0.29) is 11.5 Å². The predicted molar refractivity (Wildman–Crippen MR) is 91.7 cm³/mol. The van der Waals surface area contributed by atoms with Crippen LogP contribution in [-0.4, -0.2) is 4.98 Å². The number of anilines is 1. The van der Waals surface area contributed by atoms with Crippen molar-refractivity contribution in [1.29, 1.82) is 0 Å². The van der Waals surface area contributed by atoms with Gasteiger partial charge in [-0.2, -0.15) is 0 Å². The highest BCUT2D eigenvalue weighted by Crippen LogP contribution is 2.34. The molecule has 20 heavy (non-hydrogen) atoms. The van der Waals surface area contributed by atoms with E-state index in [2.05, 4.69) is 68.0 Å². The molecule has 0 saturated heterocycles. The molecule has 0 radical (unpaired) electrons. The second-order valence-corrected chi connectivity index (χ2v) is 8.04. The van der Waals surface area contributed by atoms with Crippen LogP contribution in [0.1, 0.15) is 49.3 Å². The molecule has 1 aromatic heterocycles. The smallest absolute Gasteiger partial charge is 0.0985 e. The third kappa shape index (κ3) is 3.61. The highest BCUT2D eigenvalue weighted by molar-refractivity contribution is 9.10. The van der Waals surface area contributed by atoms with Crippen molar-refractivity contribution < 1.29 is 0 Å². The average Bonchev–Trinajstić information content (AvgIpc) is 2.71. The van der Waals surface area contributed by atoms with Crippen molar-refractivity contribution in [3.63, 3.8) is 0 Å². The first-order valence-electron chi connectivity index (χ1n) is 6.77. The Morgan fingerprint density at radius 1 is 1.30 bits per heavy atom. The van der Waals surface area contributed by atoms with Gasteiger partial charge in [-0.3, -0.25) is 0 Å². The number of hydrogen-bond donors (Lipinski definition) is 1. The molecule has 1 unspecified atom stereocenters. The summed E-state index contributed by atoms with van der Waals surface area (Å²) in [5, 5.41) is 4.75. The zero-order valence-electron chi connectivity index (χ0n) is 12.6. The van der Waals surface area contributed by atoms with Crippen molar-refractivity contribution in [2.75, 3.05) is 5.32 Å². The molecule has 0 amide bonds. The Hall–Kier alpha value is -0.870. The summed E-state index contributed by atoms with van der Waals surface area (Å²) in [6, 6.07) is 8.52. The van der Waals surface area contributed by atoms with Crippen LogP contribution in [0.5, 0.6) is 0 Å². The van der Waals surface area contributed by atoms with Gasteiger partial charge in [-0.1, -0.05) is 42.8 Å². The first-order valence-corrected chi connectivity index (χ1v) is 8.38. The number of hydrogen-bond acceptors (Lipinski definition) is 3. The predicted octanol–water partition coefficient (Wildman–Crippen LogP) is 5.68. The van der Waals surface area contributed by atoms with Gasteiger partial charge < -0.3 is 5.32 Å². The van der Waals surface area contributed by atoms with Crippen molar-refractivity contribution in [2.45, 2.75) is 46.1 Å². The number of benzene rings is 1. The van der Waals surface area contributed by atoms with Gasteiger partial charge in [-0.05, 0) is 32.0 Å². The van der Waals surface area contributed by atoms with Gasteiger partial charge >= 0.3 is 0 Å². The van der Waals surface area contributed by atoms with Crippen molar-refractivity contribution in [2.24, 2.45) is 0 Å². The molecule has 4 heteroatoms. The van der Waals surface area contributed by atoms with Crippen LogP contribution in [0, 0.1) is 6.92 Å². The Morgan fingerprint density at radius 2 is 2.00 bits per heavy atom. The van der Waals surface area contributed by atoms with Gasteiger partial charge in [0, 0.05) is 20.5 Å². The van der Waals surface area contributed by atoms with E-state index in [4.69, 9.17) is 4.98 Å². The van der Waals surface area contributed by atoms with Crippen molar-refractivity contribution >= 4 is 33.0 Å². The zero-order valence-corrected chi connectivity index (χ0v) is 15.0. The van der Waals surface area contributed by atoms with E-state index in [1.807, 2.05) is 23.5 Å². The molecule has 0 aliphatic heterocycles. The summed E-state index contributed by atoms with van der Waals surface area (Å²) >= 11 is 5.32. The quantitative estimate of drug-likeness (QED) is 0.767. The molecule has 1 aromatic carbocycles. The van der Waals surface area contributed by atoms with E-state index >= 15 is 0 Å². The van der Waals surface area contributed by atoms with Gasteiger partial charge in [0.2, 0.25) is 0 Å². The Bertz CT molecular complexity index is 599. The number of thiazole rings is 1. The van der Waals surface area contributed by atoms with Crippen LogP contribution >= 0.6 is 27.3 Å². The van der Waals surface area contributed by atoms with Crippen molar-refractivity contribution in [3.05, 3.63) is 44.3 Å². The minimum atomic E-state index is 0.114. The lowest BCUT2D eigenvalue weighted by Gasteiger charge is -2.15. The van der Waals surface area contributed by atoms with Crippen molar-refractivity contribution in [1.82, 2.24) is 4.98 Å². The molecule has 0 spiro atoms. The monoisotopic (exact) mass is 352 g/mol. The normalized spacial score (nSPS) is 13.3. The van der Waals surface area contributed by atoms with E-state index in [1.165, 1.54) is 9.88 Å². The molecule has 0 saturated carbocycles. The topological polar surface area (TPSA) is 24.9 Å². The molecular formula is C16H21BrN2S. The van der Waals surface area contributed by atoms with Crippen LogP contribution in [0.2, 0.25) is 0 Å². The van der Waals surface area contributed by atoms with Crippen LogP contribution in [0.3, 0.4) is 0 Å². The molecule has 0 aliphatic rings. The number of halogens is 1. The molecule has 2 rings (SSSR count). The standard InChI is InChI=1S/C16H21BrN2S/c1-10(18-13-8-6-7-12(17)9-13)14-11(2)19-15(20-14)16(3,4)5/h6-10,18H,1-5H3. The maximum Gasteiger partial charge on any atom is 0.0985 e. The number of nitrogens with one attached hydrogen (secondary N) is 1. The summed E-state index contributed by atoms with van der Waals surface area (Å²) < 4.78 is 1.09. The largest absolute Gasteiger partial charge is 0.378 e. The van der Waals surface area contributed by atoms with Gasteiger partial charge in [0.1, 0.15) is 0 Å². The van der Waals surface area contributed by atoms with Crippen LogP contribution in [0.15, 0.2) is 28.7 Å². The molecule has 1 atom stereocenters. The van der Waals surface area contributed by atoms with E-state index in [9.17, 15) is 0 Å². The summed E-state index contributed by atoms with van der Waals surface area (Å²) in [6.45, 7) is 10.9. The highest BCUT2D eigenvalue weighted by atomic mass is 79.9. The molecule has 1 N–H and O–H groups in total. The van der Waals surface area contributed by atoms with Crippen LogP contribution in [0.4, 0.5) is 5.69 Å². The first kappa shape index (κ1) is 15.5. The van der Waals surface area contributed by atoms with E-state index < -0.39 is 0 Å². The SMILES string of the molecule is Cc1nc(C(C)(C)C)sc1C(C)Nc1cccc(Br)c1. The number of aromatic nitrogens is 1. The summed E-state index contributed by atoms with van der Waals surface area (Å²) in [5.41, 5.74) is 2.37. The molecular weight excluding hydrogens is 332 g/mol. The molecule has 0 fully saturated rings. The summed E-state index contributed by atoms with van der Waals surface area (Å²) in [7, 11) is 0.